The molecule has 1 N–H and O–H groups in total. The van der Waals surface area contributed by atoms with Crippen molar-refractivity contribution in [2.45, 2.75) is 13.0 Å². The van der Waals surface area contributed by atoms with Crippen LogP contribution in [-0.2, 0) is 0 Å². The molecule has 3 aromatic carbocycles. The Morgan fingerprint density at radius 3 is 2.58 bits per heavy atom. The maximum absolute atomic E-state index is 14.0. The number of nitrogens with zero attached hydrogens (tertiary/aromatic N) is 3. The number of urea groups is 1. The van der Waals surface area contributed by atoms with E-state index < -0.39 is 11.9 Å². The van der Waals surface area contributed by atoms with Gasteiger partial charge in [0, 0.05) is 16.3 Å². The number of amides is 2. The van der Waals surface area contributed by atoms with Crippen molar-refractivity contribution in [3.8, 4) is 11.4 Å². The van der Waals surface area contributed by atoms with Crippen molar-refractivity contribution < 1.29 is 13.7 Å². The molecule has 1 aliphatic rings. The molecule has 0 radical (unpaired) electrons. The van der Waals surface area contributed by atoms with E-state index in [4.69, 9.17) is 16.1 Å². The molecule has 2 amide bonds. The number of hydrogen-bond donors (Lipinski definition) is 1. The number of para-hydroxylation sites is 1. The summed E-state index contributed by atoms with van der Waals surface area (Å²) in [5.74, 6) is 0.168. The summed E-state index contributed by atoms with van der Waals surface area (Å²) in [4.78, 5) is 19.2. The Bertz CT molecular complexity index is 1370. The van der Waals surface area contributed by atoms with Gasteiger partial charge in [-0.15, -0.1) is 0 Å². The van der Waals surface area contributed by atoms with Crippen molar-refractivity contribution in [2.75, 3.05) is 4.90 Å². The van der Waals surface area contributed by atoms with Crippen molar-refractivity contribution in [1.82, 2.24) is 15.5 Å². The second-order valence-electron chi connectivity index (χ2n) is 7.54. The molecule has 0 saturated heterocycles. The quantitative estimate of drug-likeness (QED) is 0.392. The lowest BCUT2D eigenvalue weighted by molar-refractivity contribution is 0.244. The predicted octanol–water partition coefficient (Wildman–Crippen LogP) is 6.23. The Morgan fingerprint density at radius 2 is 1.82 bits per heavy atom. The smallest absolute Gasteiger partial charge is 0.326 e. The lowest BCUT2D eigenvalue weighted by atomic mass is 9.94. The van der Waals surface area contributed by atoms with Crippen molar-refractivity contribution in [1.29, 1.82) is 0 Å². The van der Waals surface area contributed by atoms with Gasteiger partial charge in [0.25, 0.3) is 5.89 Å². The number of halogens is 2. The third kappa shape index (κ3) is 3.99. The Balaban J connectivity index is 1.67. The molecule has 33 heavy (non-hydrogen) atoms. The average molecular weight is 461 g/mol. The summed E-state index contributed by atoms with van der Waals surface area (Å²) >= 11 is 6.11. The van der Waals surface area contributed by atoms with Gasteiger partial charge in [0.2, 0.25) is 5.82 Å². The van der Waals surface area contributed by atoms with Gasteiger partial charge in [-0.05, 0) is 48.9 Å². The highest BCUT2D eigenvalue weighted by Crippen LogP contribution is 2.39. The summed E-state index contributed by atoms with van der Waals surface area (Å²) in [5, 5.41) is 7.62. The zero-order chi connectivity index (χ0) is 22.9. The van der Waals surface area contributed by atoms with Crippen LogP contribution in [0.2, 0.25) is 5.02 Å². The molecule has 1 aromatic heterocycles. The molecule has 8 heteroatoms. The number of allylic oxidation sites excluding steroid dienone is 1. The Labute approximate surface area is 194 Å². The molecular weight excluding hydrogens is 443 g/mol. The van der Waals surface area contributed by atoms with Crippen LogP contribution in [0, 0.1) is 5.82 Å². The van der Waals surface area contributed by atoms with Crippen molar-refractivity contribution in [3.05, 3.63) is 107 Å². The van der Waals surface area contributed by atoms with Crippen LogP contribution in [0.15, 0.2) is 89.1 Å². The van der Waals surface area contributed by atoms with Gasteiger partial charge in [0.05, 0.1) is 17.3 Å². The van der Waals surface area contributed by atoms with E-state index in [1.54, 1.807) is 37.3 Å². The average Bonchev–Trinajstić information content (AvgIpc) is 3.29. The normalized spacial score (nSPS) is 16.2. The second-order valence-corrected chi connectivity index (χ2v) is 7.98. The molecule has 0 aliphatic carbocycles. The number of nitrogens with one attached hydrogen (secondary N) is 1. The van der Waals surface area contributed by atoms with Crippen LogP contribution in [0.5, 0.6) is 0 Å². The number of anilines is 1. The summed E-state index contributed by atoms with van der Waals surface area (Å²) in [6, 6.07) is 21.4. The minimum Gasteiger partial charge on any atom is -0.334 e. The minimum atomic E-state index is -0.680. The molecule has 164 valence electrons. The van der Waals surface area contributed by atoms with Crippen molar-refractivity contribution >= 4 is 28.9 Å². The summed E-state index contributed by atoms with van der Waals surface area (Å²) in [5.41, 5.74) is 3.10. The predicted molar refractivity (Wildman–Crippen MR) is 124 cm³/mol. The number of carbonyl (C=O) groups excluding carboxylic acids is 1. The van der Waals surface area contributed by atoms with E-state index in [1.807, 2.05) is 36.4 Å². The molecule has 0 bridgehead atoms. The zero-order valence-corrected chi connectivity index (χ0v) is 18.3. The number of hydrogen-bond acceptors (Lipinski definition) is 4. The van der Waals surface area contributed by atoms with Gasteiger partial charge in [0.15, 0.2) is 0 Å². The highest BCUT2D eigenvalue weighted by Gasteiger charge is 2.36. The van der Waals surface area contributed by atoms with E-state index in [0.29, 0.717) is 38.9 Å². The topological polar surface area (TPSA) is 71.3 Å². The molecule has 0 spiro atoms. The molecule has 1 atom stereocenters. The number of carbonyl (C=O) groups is 1. The fraction of sp³-hybridized carbons (Fsp3) is 0.0800. The van der Waals surface area contributed by atoms with Crippen LogP contribution < -0.4 is 10.2 Å². The van der Waals surface area contributed by atoms with E-state index in [-0.39, 0.29) is 11.9 Å². The molecule has 2 heterocycles. The van der Waals surface area contributed by atoms with Gasteiger partial charge < -0.3 is 9.84 Å². The van der Waals surface area contributed by atoms with Crippen LogP contribution in [0.3, 0.4) is 0 Å². The van der Waals surface area contributed by atoms with Crippen molar-refractivity contribution in [3.63, 3.8) is 0 Å². The van der Waals surface area contributed by atoms with Crippen LogP contribution in [0.1, 0.15) is 24.4 Å². The summed E-state index contributed by atoms with van der Waals surface area (Å²) in [6.07, 6.45) is 0. The second kappa shape index (κ2) is 8.52. The standard InChI is InChI=1S/C25H18ClFN4O2/c1-15-21(24-29-23(30-33-24)17-8-5-9-18(26)13-17)22(16-7-6-10-19(27)14-16)28-25(32)31(15)20-11-3-2-4-12-20/h2-14,22H,1H3,(H,28,32). The molecule has 5 rings (SSSR count). The van der Waals surface area contributed by atoms with Gasteiger partial charge in [-0.1, -0.05) is 59.2 Å². The van der Waals surface area contributed by atoms with E-state index in [1.165, 1.54) is 17.0 Å². The van der Waals surface area contributed by atoms with Gasteiger partial charge >= 0.3 is 6.03 Å². The first-order valence-corrected chi connectivity index (χ1v) is 10.6. The monoisotopic (exact) mass is 460 g/mol. The molecule has 0 fully saturated rings. The zero-order valence-electron chi connectivity index (χ0n) is 17.5. The van der Waals surface area contributed by atoms with Crippen LogP contribution in [0.25, 0.3) is 17.0 Å². The van der Waals surface area contributed by atoms with E-state index >= 15 is 0 Å². The third-order valence-electron chi connectivity index (χ3n) is 5.42. The summed E-state index contributed by atoms with van der Waals surface area (Å²) in [6.45, 7) is 1.80. The number of rotatable bonds is 4. The fourth-order valence-electron chi connectivity index (χ4n) is 3.92. The van der Waals surface area contributed by atoms with Gasteiger partial charge in [0.1, 0.15) is 5.82 Å². The number of benzene rings is 3. The van der Waals surface area contributed by atoms with E-state index in [2.05, 4.69) is 15.5 Å². The maximum Gasteiger partial charge on any atom is 0.326 e. The Morgan fingerprint density at radius 1 is 1.03 bits per heavy atom. The van der Waals surface area contributed by atoms with Gasteiger partial charge in [-0.2, -0.15) is 4.98 Å². The molecule has 4 aromatic rings. The third-order valence-corrected chi connectivity index (χ3v) is 5.66. The fourth-order valence-corrected chi connectivity index (χ4v) is 4.11. The van der Waals surface area contributed by atoms with Crippen molar-refractivity contribution in [2.24, 2.45) is 0 Å². The summed E-state index contributed by atoms with van der Waals surface area (Å²) in [7, 11) is 0. The molecule has 6 nitrogen and oxygen atoms in total. The number of aromatic nitrogens is 2. The SMILES string of the molecule is CC1=C(c2nc(-c3cccc(Cl)c3)no2)C(c2cccc(F)c2)NC(=O)N1c1ccccc1. The maximum atomic E-state index is 14.0. The largest absolute Gasteiger partial charge is 0.334 e. The summed E-state index contributed by atoms with van der Waals surface area (Å²) < 4.78 is 19.7. The lowest BCUT2D eigenvalue weighted by Crippen LogP contribution is -2.46. The van der Waals surface area contributed by atoms with Crippen LogP contribution in [-0.4, -0.2) is 16.2 Å². The van der Waals surface area contributed by atoms with E-state index in [0.717, 1.165) is 0 Å². The van der Waals surface area contributed by atoms with Gasteiger partial charge in [-0.25, -0.2) is 9.18 Å². The first-order valence-electron chi connectivity index (χ1n) is 10.2. The van der Waals surface area contributed by atoms with Crippen LogP contribution in [0.4, 0.5) is 14.9 Å². The molecule has 1 unspecified atom stereocenters. The Kier molecular flexibility index (Phi) is 5.40. The molecule has 1 aliphatic heterocycles. The first-order chi connectivity index (χ1) is 16.0. The molecule has 0 saturated carbocycles. The minimum absolute atomic E-state index is 0.220. The lowest BCUT2D eigenvalue weighted by Gasteiger charge is -2.35. The first kappa shape index (κ1) is 20.9. The Hall–Kier alpha value is -3.97. The van der Waals surface area contributed by atoms with Gasteiger partial charge in [-0.3, -0.25) is 4.90 Å². The highest BCUT2D eigenvalue weighted by molar-refractivity contribution is 6.30. The highest BCUT2D eigenvalue weighted by atomic mass is 35.5. The molecular formula is C25H18ClFN4O2. The van der Waals surface area contributed by atoms with E-state index in [9.17, 15) is 9.18 Å². The van der Waals surface area contributed by atoms with Crippen LogP contribution >= 0.6 is 11.6 Å².